The van der Waals surface area contributed by atoms with Crippen LogP contribution >= 0.6 is 11.3 Å². The van der Waals surface area contributed by atoms with Crippen LogP contribution in [-0.4, -0.2) is 46.4 Å². The van der Waals surface area contributed by atoms with Crippen LogP contribution in [0.15, 0.2) is 66.2 Å². The average molecular weight is 471 g/mol. The molecule has 0 unspecified atom stereocenters. The summed E-state index contributed by atoms with van der Waals surface area (Å²) in [4.78, 5) is 22.1. The van der Waals surface area contributed by atoms with Gasteiger partial charge in [0, 0.05) is 54.7 Å². The number of benzene rings is 2. The van der Waals surface area contributed by atoms with Crippen molar-refractivity contribution in [3.63, 3.8) is 0 Å². The summed E-state index contributed by atoms with van der Waals surface area (Å²) in [5, 5.41) is 1.95. The normalized spacial score (nSPS) is 14.8. The summed E-state index contributed by atoms with van der Waals surface area (Å²) in [6.45, 7) is 1.94. The van der Waals surface area contributed by atoms with Gasteiger partial charge in [-0.2, -0.15) is 13.2 Å². The van der Waals surface area contributed by atoms with Gasteiger partial charge in [0.05, 0.1) is 17.7 Å². The molecule has 33 heavy (non-hydrogen) atoms. The maximum Gasteiger partial charge on any atom is 0.416 e. The van der Waals surface area contributed by atoms with Crippen LogP contribution in [0.1, 0.15) is 11.3 Å². The molecule has 170 valence electrons. The number of amides is 1. The Labute approximate surface area is 192 Å². The van der Waals surface area contributed by atoms with Gasteiger partial charge < -0.3 is 9.80 Å². The van der Waals surface area contributed by atoms with Crippen LogP contribution < -0.4 is 4.90 Å². The van der Waals surface area contributed by atoms with Gasteiger partial charge in [-0.1, -0.05) is 36.4 Å². The molecule has 3 heterocycles. The van der Waals surface area contributed by atoms with Gasteiger partial charge in [0.15, 0.2) is 4.96 Å². The first-order valence-electron chi connectivity index (χ1n) is 10.6. The molecule has 4 aromatic rings. The molecule has 1 aliphatic heterocycles. The van der Waals surface area contributed by atoms with Crippen molar-refractivity contribution in [2.24, 2.45) is 0 Å². The summed E-state index contributed by atoms with van der Waals surface area (Å²) in [5.74, 6) is 0.00773. The fourth-order valence-electron chi connectivity index (χ4n) is 4.06. The first-order valence-corrected chi connectivity index (χ1v) is 11.5. The molecule has 5 nitrogen and oxygen atoms in total. The van der Waals surface area contributed by atoms with Crippen LogP contribution in [-0.2, 0) is 17.4 Å². The molecule has 0 atom stereocenters. The maximum atomic E-state index is 13.0. The lowest BCUT2D eigenvalue weighted by Gasteiger charge is -2.36. The molecule has 1 amide bonds. The number of imidazole rings is 1. The van der Waals surface area contributed by atoms with Crippen LogP contribution in [0.5, 0.6) is 0 Å². The van der Waals surface area contributed by atoms with E-state index in [0.717, 1.165) is 28.0 Å². The van der Waals surface area contributed by atoms with Crippen molar-refractivity contribution < 1.29 is 18.0 Å². The fourth-order valence-corrected chi connectivity index (χ4v) is 4.94. The SMILES string of the molecule is O=C(Cc1csc2nc(-c3ccccc3)cn12)N1CCN(c2cccc(C(F)(F)F)c2)CC1. The molecule has 2 aromatic heterocycles. The Bertz CT molecular complexity index is 1270. The minimum atomic E-state index is -4.37. The third-order valence-electron chi connectivity index (χ3n) is 5.86. The number of carbonyl (C=O) groups excluding carboxylic acids is 1. The summed E-state index contributed by atoms with van der Waals surface area (Å²) in [6, 6.07) is 15.2. The second-order valence-corrected chi connectivity index (χ2v) is 8.80. The largest absolute Gasteiger partial charge is 0.416 e. The molecule has 0 aliphatic carbocycles. The van der Waals surface area contributed by atoms with Crippen molar-refractivity contribution in [2.75, 3.05) is 31.1 Å². The van der Waals surface area contributed by atoms with E-state index in [1.165, 1.54) is 23.5 Å². The maximum absolute atomic E-state index is 13.0. The number of hydrogen-bond donors (Lipinski definition) is 0. The number of fused-ring (bicyclic) bond motifs is 1. The monoisotopic (exact) mass is 470 g/mol. The van der Waals surface area contributed by atoms with E-state index >= 15 is 0 Å². The van der Waals surface area contributed by atoms with E-state index in [2.05, 4.69) is 4.98 Å². The molecule has 0 spiro atoms. The van der Waals surface area contributed by atoms with Crippen molar-refractivity contribution in [3.05, 3.63) is 77.4 Å². The van der Waals surface area contributed by atoms with E-state index in [1.54, 1.807) is 11.0 Å². The van der Waals surface area contributed by atoms with E-state index in [0.29, 0.717) is 31.9 Å². The Morgan fingerprint density at radius 2 is 1.76 bits per heavy atom. The van der Waals surface area contributed by atoms with Crippen molar-refractivity contribution >= 4 is 27.9 Å². The second-order valence-electron chi connectivity index (χ2n) is 7.96. The molecule has 1 saturated heterocycles. The summed E-state index contributed by atoms with van der Waals surface area (Å²) in [7, 11) is 0. The Morgan fingerprint density at radius 1 is 1.00 bits per heavy atom. The van der Waals surface area contributed by atoms with Crippen molar-refractivity contribution in [1.29, 1.82) is 0 Å². The summed E-state index contributed by atoms with van der Waals surface area (Å²) in [5.41, 5.74) is 2.65. The van der Waals surface area contributed by atoms with Gasteiger partial charge in [0.1, 0.15) is 0 Å². The first kappa shape index (κ1) is 21.5. The quantitative estimate of drug-likeness (QED) is 0.423. The number of rotatable bonds is 4. The molecular formula is C24H21F3N4OS. The van der Waals surface area contributed by atoms with Gasteiger partial charge in [-0.05, 0) is 18.2 Å². The number of halogens is 3. The van der Waals surface area contributed by atoms with Crippen LogP contribution in [0.4, 0.5) is 18.9 Å². The molecule has 1 aliphatic rings. The molecule has 0 bridgehead atoms. The molecule has 0 saturated carbocycles. The molecule has 5 rings (SSSR count). The topological polar surface area (TPSA) is 40.9 Å². The molecular weight excluding hydrogens is 449 g/mol. The number of anilines is 1. The highest BCUT2D eigenvalue weighted by Gasteiger charge is 2.31. The zero-order chi connectivity index (χ0) is 23.0. The fraction of sp³-hybridized carbons (Fsp3) is 0.250. The number of piperazine rings is 1. The summed E-state index contributed by atoms with van der Waals surface area (Å²) >= 11 is 1.50. The van der Waals surface area contributed by atoms with E-state index in [4.69, 9.17) is 0 Å². The Morgan fingerprint density at radius 3 is 2.48 bits per heavy atom. The number of carbonyl (C=O) groups is 1. The third-order valence-corrected chi connectivity index (χ3v) is 6.74. The molecule has 0 N–H and O–H groups in total. The lowest BCUT2D eigenvalue weighted by Crippen LogP contribution is -2.49. The van der Waals surface area contributed by atoms with Crippen molar-refractivity contribution in [2.45, 2.75) is 12.6 Å². The predicted octanol–water partition coefficient (Wildman–Crippen LogP) is 4.97. The van der Waals surface area contributed by atoms with Crippen LogP contribution in [0.25, 0.3) is 16.2 Å². The van der Waals surface area contributed by atoms with Crippen molar-refractivity contribution in [3.8, 4) is 11.3 Å². The Balaban J connectivity index is 1.24. The number of aromatic nitrogens is 2. The third kappa shape index (κ3) is 4.45. The van der Waals surface area contributed by atoms with Crippen molar-refractivity contribution in [1.82, 2.24) is 14.3 Å². The predicted molar refractivity (Wildman–Crippen MR) is 122 cm³/mol. The molecule has 0 radical (unpaired) electrons. The highest BCUT2D eigenvalue weighted by atomic mass is 32.1. The van der Waals surface area contributed by atoms with Gasteiger partial charge >= 0.3 is 6.18 Å². The molecule has 1 fully saturated rings. The minimum Gasteiger partial charge on any atom is -0.368 e. The summed E-state index contributed by atoms with van der Waals surface area (Å²) < 4.78 is 41.0. The van der Waals surface area contributed by atoms with E-state index < -0.39 is 11.7 Å². The number of hydrogen-bond acceptors (Lipinski definition) is 4. The lowest BCUT2D eigenvalue weighted by atomic mass is 10.1. The molecule has 2 aromatic carbocycles. The minimum absolute atomic E-state index is 0.00773. The smallest absolute Gasteiger partial charge is 0.368 e. The van der Waals surface area contributed by atoms with E-state index in [9.17, 15) is 18.0 Å². The standard InChI is InChI=1S/C24H21F3N4OS/c25-24(26,27)18-7-4-8-19(13-18)29-9-11-30(12-10-29)22(32)14-20-16-33-23-28-21(15-31(20)23)17-5-2-1-3-6-17/h1-8,13,15-16H,9-12,14H2. The van der Waals surface area contributed by atoms with E-state index in [1.807, 2.05) is 51.2 Å². The second kappa shape index (κ2) is 8.55. The summed E-state index contributed by atoms with van der Waals surface area (Å²) in [6.07, 6.45) is -2.16. The van der Waals surface area contributed by atoms with Gasteiger partial charge in [-0.25, -0.2) is 4.98 Å². The number of thiazole rings is 1. The number of alkyl halides is 3. The number of nitrogens with zero attached hydrogens (tertiary/aromatic N) is 4. The first-order chi connectivity index (χ1) is 15.9. The van der Waals surface area contributed by atoms with Crippen LogP contribution in [0.3, 0.4) is 0 Å². The Hall–Kier alpha value is -3.33. The zero-order valence-corrected chi connectivity index (χ0v) is 18.4. The highest BCUT2D eigenvalue weighted by molar-refractivity contribution is 7.15. The van der Waals surface area contributed by atoms with Crippen LogP contribution in [0, 0.1) is 0 Å². The van der Waals surface area contributed by atoms with Crippen LogP contribution in [0.2, 0.25) is 0 Å². The van der Waals surface area contributed by atoms with E-state index in [-0.39, 0.29) is 12.3 Å². The average Bonchev–Trinajstić information content (AvgIpc) is 3.41. The highest BCUT2D eigenvalue weighted by Crippen LogP contribution is 2.32. The molecule has 9 heteroatoms. The lowest BCUT2D eigenvalue weighted by molar-refractivity contribution is -0.137. The van der Waals surface area contributed by atoms with Gasteiger partial charge in [0.2, 0.25) is 5.91 Å². The van der Waals surface area contributed by atoms with Gasteiger partial charge in [0.25, 0.3) is 0 Å². The Kier molecular flexibility index (Phi) is 5.57. The zero-order valence-electron chi connectivity index (χ0n) is 17.6. The van der Waals surface area contributed by atoms with Gasteiger partial charge in [-0.3, -0.25) is 9.20 Å². The van der Waals surface area contributed by atoms with Gasteiger partial charge in [-0.15, -0.1) is 11.3 Å².